The smallest absolute Gasteiger partial charge is 0.228 e. The van der Waals surface area contributed by atoms with Crippen LogP contribution < -0.4 is 0 Å². The fourth-order valence-electron chi connectivity index (χ4n) is 2.43. The molecule has 0 unspecified atom stereocenters. The van der Waals surface area contributed by atoms with Crippen molar-refractivity contribution in [2.24, 2.45) is 5.41 Å². The van der Waals surface area contributed by atoms with Gasteiger partial charge in [-0.3, -0.25) is 9.69 Å². The molecule has 1 aliphatic rings. The van der Waals surface area contributed by atoms with Crippen LogP contribution in [0.25, 0.3) is 0 Å². The molecule has 1 aromatic carbocycles. The third-order valence-corrected chi connectivity index (χ3v) is 3.55. The maximum absolute atomic E-state index is 12.2. The number of benzene rings is 1. The Hall–Kier alpha value is -0.246. The van der Waals surface area contributed by atoms with Gasteiger partial charge in [0.2, 0.25) is 5.91 Å². The third-order valence-electron chi connectivity index (χ3n) is 3.55. The molecule has 1 radical (unpaired) electrons. The van der Waals surface area contributed by atoms with Crippen LogP contribution in [-0.2, 0) is 44.0 Å². The molecule has 0 atom stereocenters. The molecule has 0 bridgehead atoms. The molecule has 129 valence electrons. The van der Waals surface area contributed by atoms with Crippen molar-refractivity contribution in [2.75, 3.05) is 26.2 Å². The van der Waals surface area contributed by atoms with Crippen LogP contribution in [0.4, 0.5) is 0 Å². The normalized spacial score (nSPS) is 14.7. The van der Waals surface area contributed by atoms with Crippen LogP contribution in [0.2, 0.25) is 0 Å². The van der Waals surface area contributed by atoms with Crippen molar-refractivity contribution in [3.63, 3.8) is 0 Å². The molecule has 0 aromatic heterocycles. The molecule has 1 heterocycles. The van der Waals surface area contributed by atoms with E-state index in [1.165, 1.54) is 5.56 Å². The fraction of sp³-hybridized carbons (Fsp3) is 0.579. The Labute approximate surface area is 168 Å². The number of carbonyl (C=O) groups excluding carboxylic acids is 1. The number of piperazine rings is 1. The van der Waals surface area contributed by atoms with Gasteiger partial charge in [0.25, 0.3) is 0 Å². The molecule has 0 aliphatic carbocycles. The van der Waals surface area contributed by atoms with Crippen molar-refractivity contribution in [1.82, 2.24) is 9.80 Å². The Balaban J connectivity index is 0. The maximum Gasteiger partial charge on any atom is 0.228 e. The number of hydrogen-bond donors (Lipinski definition) is 0. The first-order valence-electron chi connectivity index (χ1n) is 8.02. The largest absolute Gasteiger partial charge is 0.358 e. The topological polar surface area (TPSA) is 23.6 Å². The monoisotopic (exact) mass is 394 g/mol. The molecule has 0 N–H and O–H groups in total. The van der Waals surface area contributed by atoms with Gasteiger partial charge in [-0.1, -0.05) is 65.0 Å². The summed E-state index contributed by atoms with van der Waals surface area (Å²) in [7, 11) is 0. The van der Waals surface area contributed by atoms with Gasteiger partial charge in [-0.25, -0.2) is 0 Å². The summed E-state index contributed by atoms with van der Waals surface area (Å²) in [5.74, 6) is 0.270. The molecule has 1 saturated heterocycles. The summed E-state index contributed by atoms with van der Waals surface area (Å²) >= 11 is 0. The van der Waals surface area contributed by atoms with Gasteiger partial charge in [0.05, 0.1) is 0 Å². The molecule has 0 saturated carbocycles. The summed E-state index contributed by atoms with van der Waals surface area (Å²) in [4.78, 5) is 16.6. The van der Waals surface area contributed by atoms with Crippen molar-refractivity contribution in [3.05, 3.63) is 43.3 Å². The number of carbonyl (C=O) groups is 1. The van der Waals surface area contributed by atoms with E-state index in [-0.39, 0.29) is 51.5 Å². The Morgan fingerprint density at radius 3 is 1.91 bits per heavy atom. The molecule has 0 spiro atoms. The molecule has 2 rings (SSSR count). The zero-order chi connectivity index (χ0) is 15.9. The van der Waals surface area contributed by atoms with E-state index in [1.54, 1.807) is 0 Å². The van der Waals surface area contributed by atoms with E-state index in [4.69, 9.17) is 0 Å². The summed E-state index contributed by atoms with van der Waals surface area (Å²) in [5.41, 5.74) is 1.08. The predicted octanol–water partition coefficient (Wildman–Crippen LogP) is 3.85. The molecule has 4 heteroatoms. The Morgan fingerprint density at radius 2 is 1.48 bits per heavy atom. The van der Waals surface area contributed by atoms with E-state index >= 15 is 0 Å². The molecule has 1 aromatic rings. The molecular formula is C19H33N2OY-. The van der Waals surface area contributed by atoms with E-state index in [0.717, 1.165) is 32.7 Å². The zero-order valence-corrected chi connectivity index (χ0v) is 18.6. The van der Waals surface area contributed by atoms with Gasteiger partial charge in [-0.05, 0) is 5.56 Å². The van der Waals surface area contributed by atoms with Gasteiger partial charge >= 0.3 is 0 Å². The Bertz CT molecular complexity index is 421. The van der Waals surface area contributed by atoms with Crippen molar-refractivity contribution < 1.29 is 37.5 Å². The minimum atomic E-state index is -0.262. The average Bonchev–Trinajstić information content (AvgIpc) is 2.49. The summed E-state index contributed by atoms with van der Waals surface area (Å²) in [5, 5.41) is 0. The quantitative estimate of drug-likeness (QED) is 0.712. The molecule has 3 nitrogen and oxygen atoms in total. The van der Waals surface area contributed by atoms with Crippen LogP contribution in [-0.4, -0.2) is 41.9 Å². The standard InChI is InChI=1S/C16H24N2O.C2H6.CH3.Y/c1-16(2,3)15(19)18-11-9-17(10-12-18)13-14-7-5-4-6-8-14;1-2;;/h4-8H,9-13H2,1-3H3;1-2H3;1H3;/q;;-1;. The second-order valence-corrected chi connectivity index (χ2v) is 6.30. The van der Waals surface area contributed by atoms with E-state index in [9.17, 15) is 4.79 Å². The van der Waals surface area contributed by atoms with E-state index < -0.39 is 0 Å². The van der Waals surface area contributed by atoms with Gasteiger partial charge < -0.3 is 12.3 Å². The predicted molar refractivity (Wildman–Crippen MR) is 95.5 cm³/mol. The number of hydrogen-bond acceptors (Lipinski definition) is 2. The molecular weight excluding hydrogens is 361 g/mol. The summed E-state index contributed by atoms with van der Waals surface area (Å²) in [6.07, 6.45) is 0. The van der Waals surface area contributed by atoms with Gasteiger partial charge in [-0.2, -0.15) is 0 Å². The van der Waals surface area contributed by atoms with E-state index in [0.29, 0.717) is 0 Å². The second-order valence-electron chi connectivity index (χ2n) is 6.30. The summed E-state index contributed by atoms with van der Waals surface area (Å²) in [6.45, 7) is 14.6. The Morgan fingerprint density at radius 1 is 1.00 bits per heavy atom. The molecule has 1 aliphatic heterocycles. The fourth-order valence-corrected chi connectivity index (χ4v) is 2.43. The van der Waals surface area contributed by atoms with Gasteiger partial charge in [0.15, 0.2) is 0 Å². The first kappa shape index (κ1) is 25.0. The van der Waals surface area contributed by atoms with Crippen LogP contribution in [0, 0.1) is 12.8 Å². The van der Waals surface area contributed by atoms with Crippen molar-refractivity contribution >= 4 is 5.91 Å². The maximum atomic E-state index is 12.2. The third kappa shape index (κ3) is 8.42. The van der Waals surface area contributed by atoms with Gasteiger partial charge in [0.1, 0.15) is 0 Å². The van der Waals surface area contributed by atoms with Crippen molar-refractivity contribution in [2.45, 2.75) is 41.2 Å². The van der Waals surface area contributed by atoms with Crippen LogP contribution in [0.15, 0.2) is 30.3 Å². The van der Waals surface area contributed by atoms with Crippen molar-refractivity contribution in [3.8, 4) is 0 Å². The number of nitrogens with zero attached hydrogens (tertiary/aromatic N) is 2. The molecule has 23 heavy (non-hydrogen) atoms. The first-order chi connectivity index (χ1) is 9.97. The Kier molecular flexibility index (Phi) is 13.2. The molecule has 1 amide bonds. The average molecular weight is 394 g/mol. The van der Waals surface area contributed by atoms with Crippen LogP contribution in [0.1, 0.15) is 40.2 Å². The number of rotatable bonds is 2. The van der Waals surface area contributed by atoms with E-state index in [2.05, 4.69) is 29.2 Å². The zero-order valence-electron chi connectivity index (χ0n) is 15.8. The van der Waals surface area contributed by atoms with Crippen LogP contribution in [0.3, 0.4) is 0 Å². The summed E-state index contributed by atoms with van der Waals surface area (Å²) < 4.78 is 0. The van der Waals surface area contributed by atoms with Gasteiger partial charge in [0, 0.05) is 70.8 Å². The second kappa shape index (κ2) is 12.2. The van der Waals surface area contributed by atoms with Crippen molar-refractivity contribution in [1.29, 1.82) is 0 Å². The minimum absolute atomic E-state index is 0. The number of amides is 1. The first-order valence-corrected chi connectivity index (χ1v) is 8.02. The van der Waals surface area contributed by atoms with E-state index in [1.807, 2.05) is 45.6 Å². The minimum Gasteiger partial charge on any atom is -0.358 e. The molecule has 1 fully saturated rings. The SMILES string of the molecule is CC.CC(C)(C)C(=O)N1CCN(Cc2ccccc2)CC1.[CH3-].[Y]. The van der Waals surface area contributed by atoms with Crippen LogP contribution in [0.5, 0.6) is 0 Å². The van der Waals surface area contributed by atoms with Crippen LogP contribution >= 0.6 is 0 Å². The van der Waals surface area contributed by atoms with Gasteiger partial charge in [-0.15, -0.1) is 0 Å². The summed E-state index contributed by atoms with van der Waals surface area (Å²) in [6, 6.07) is 10.5.